The first kappa shape index (κ1) is 12.4. The van der Waals surface area contributed by atoms with Gasteiger partial charge in [0.05, 0.1) is 6.20 Å². The quantitative estimate of drug-likeness (QED) is 0.899. The zero-order valence-electron chi connectivity index (χ0n) is 10.6. The van der Waals surface area contributed by atoms with Gasteiger partial charge in [-0.15, -0.1) is 0 Å². The lowest BCUT2D eigenvalue weighted by molar-refractivity contribution is 0.0996. The van der Waals surface area contributed by atoms with Gasteiger partial charge >= 0.3 is 0 Å². The second-order valence-electron chi connectivity index (χ2n) is 3.98. The molecule has 0 atom stereocenters. The van der Waals surface area contributed by atoms with E-state index in [9.17, 15) is 4.79 Å². The fourth-order valence-corrected chi connectivity index (χ4v) is 1.91. The topological polar surface area (TPSA) is 55.1 Å². The van der Waals surface area contributed by atoms with Crippen LogP contribution < -0.4 is 5.32 Å². The molecule has 4 nitrogen and oxygen atoms in total. The van der Waals surface area contributed by atoms with E-state index in [0.29, 0.717) is 0 Å². The Morgan fingerprint density at radius 2 is 1.94 bits per heavy atom. The molecule has 1 N–H and O–H groups in total. The van der Waals surface area contributed by atoms with Crippen LogP contribution in [-0.4, -0.2) is 10.9 Å². The predicted molar refractivity (Wildman–Crippen MR) is 69.7 cm³/mol. The molecule has 1 heterocycles. The molecule has 0 saturated carbocycles. The van der Waals surface area contributed by atoms with Crippen molar-refractivity contribution in [2.45, 2.75) is 26.7 Å². The summed E-state index contributed by atoms with van der Waals surface area (Å²) in [5.41, 5.74) is 3.15. The molecule has 0 aliphatic heterocycles. The second-order valence-corrected chi connectivity index (χ2v) is 3.98. The Balaban J connectivity index is 2.30. The molecule has 0 unspecified atom stereocenters. The van der Waals surface area contributed by atoms with E-state index in [2.05, 4.69) is 24.1 Å². The number of amides is 1. The lowest BCUT2D eigenvalue weighted by atomic mass is 10.0. The molecule has 1 aromatic heterocycles. The van der Waals surface area contributed by atoms with Crippen LogP contribution in [0.2, 0.25) is 0 Å². The third kappa shape index (κ3) is 2.42. The Bertz CT molecular complexity index is 510. The van der Waals surface area contributed by atoms with E-state index in [1.54, 1.807) is 0 Å². The Morgan fingerprint density at radius 1 is 1.28 bits per heavy atom. The molecule has 2 rings (SSSR count). The summed E-state index contributed by atoms with van der Waals surface area (Å²) in [6.07, 6.45) is 4.41. The molecule has 94 valence electrons. The molecule has 18 heavy (non-hydrogen) atoms. The highest BCUT2D eigenvalue weighted by Crippen LogP contribution is 2.23. The molecule has 1 amide bonds. The fourth-order valence-electron chi connectivity index (χ4n) is 1.91. The lowest BCUT2D eigenvalue weighted by Gasteiger charge is -2.13. The molecular formula is C14H16N2O2. The maximum Gasteiger partial charge on any atom is 0.293 e. The number of anilines is 1. The van der Waals surface area contributed by atoms with E-state index < -0.39 is 0 Å². The van der Waals surface area contributed by atoms with Gasteiger partial charge in [-0.1, -0.05) is 32.0 Å². The van der Waals surface area contributed by atoms with Crippen molar-refractivity contribution < 1.29 is 9.21 Å². The van der Waals surface area contributed by atoms with E-state index in [1.807, 2.05) is 18.2 Å². The minimum atomic E-state index is -0.261. The number of carbonyl (C=O) groups excluding carboxylic acids is 1. The third-order valence-corrected chi connectivity index (χ3v) is 2.89. The highest BCUT2D eigenvalue weighted by molar-refractivity contribution is 6.02. The van der Waals surface area contributed by atoms with Crippen LogP contribution >= 0.6 is 0 Å². The molecular weight excluding hydrogens is 228 g/mol. The van der Waals surface area contributed by atoms with Crippen molar-refractivity contribution in [2.24, 2.45) is 0 Å². The molecule has 0 fully saturated rings. The molecule has 0 radical (unpaired) electrons. The second kappa shape index (κ2) is 5.49. The van der Waals surface area contributed by atoms with Gasteiger partial charge in [-0.3, -0.25) is 4.79 Å². The summed E-state index contributed by atoms with van der Waals surface area (Å²) in [7, 11) is 0. The number of nitrogens with one attached hydrogen (secondary N) is 1. The molecule has 0 aliphatic carbocycles. The van der Waals surface area contributed by atoms with Crippen molar-refractivity contribution in [3.05, 3.63) is 47.7 Å². The number of para-hydroxylation sites is 1. The predicted octanol–water partition coefficient (Wildman–Crippen LogP) is 3.05. The average molecular weight is 244 g/mol. The summed E-state index contributed by atoms with van der Waals surface area (Å²) in [6.45, 7) is 4.14. The van der Waals surface area contributed by atoms with Crippen molar-refractivity contribution in [3.8, 4) is 0 Å². The van der Waals surface area contributed by atoms with Gasteiger partial charge in [-0.25, -0.2) is 4.98 Å². The van der Waals surface area contributed by atoms with Crippen molar-refractivity contribution >= 4 is 11.6 Å². The van der Waals surface area contributed by atoms with Crippen LogP contribution in [0, 0.1) is 0 Å². The smallest absolute Gasteiger partial charge is 0.293 e. The van der Waals surface area contributed by atoms with E-state index in [4.69, 9.17) is 4.42 Å². The summed E-state index contributed by atoms with van der Waals surface area (Å²) in [5, 5.41) is 2.91. The Hall–Kier alpha value is -2.10. The highest BCUT2D eigenvalue weighted by atomic mass is 16.3. The molecule has 2 aromatic rings. The standard InChI is InChI=1S/C14H16N2O2/c1-3-10-6-5-7-11(4-2)13(10)16-14(17)12-8-15-9-18-12/h5-9H,3-4H2,1-2H3,(H,16,17). The monoisotopic (exact) mass is 244 g/mol. The molecule has 1 aromatic carbocycles. The molecule has 0 bridgehead atoms. The van der Waals surface area contributed by atoms with Crippen LogP contribution in [0.25, 0.3) is 0 Å². The number of nitrogens with zero attached hydrogens (tertiary/aromatic N) is 1. The highest BCUT2D eigenvalue weighted by Gasteiger charge is 2.13. The number of aromatic nitrogens is 1. The number of hydrogen-bond donors (Lipinski definition) is 1. The number of oxazole rings is 1. The van der Waals surface area contributed by atoms with Gasteiger partial charge in [-0.05, 0) is 24.0 Å². The average Bonchev–Trinajstić information content (AvgIpc) is 2.93. The number of benzene rings is 1. The summed E-state index contributed by atoms with van der Waals surface area (Å²) >= 11 is 0. The fraction of sp³-hybridized carbons (Fsp3) is 0.286. The van der Waals surface area contributed by atoms with Crippen LogP contribution in [0.4, 0.5) is 5.69 Å². The van der Waals surface area contributed by atoms with Crippen LogP contribution in [0.15, 0.2) is 35.2 Å². The lowest BCUT2D eigenvalue weighted by Crippen LogP contribution is -2.14. The van der Waals surface area contributed by atoms with Crippen LogP contribution in [0.3, 0.4) is 0 Å². The number of carbonyl (C=O) groups is 1. The van der Waals surface area contributed by atoms with Gasteiger partial charge in [0, 0.05) is 5.69 Å². The first-order valence-corrected chi connectivity index (χ1v) is 6.06. The SMILES string of the molecule is CCc1cccc(CC)c1NC(=O)c1cnco1. The Kier molecular flexibility index (Phi) is 3.77. The van der Waals surface area contributed by atoms with Gasteiger partial charge in [0.1, 0.15) is 0 Å². The zero-order chi connectivity index (χ0) is 13.0. The van der Waals surface area contributed by atoms with Gasteiger partial charge in [0.2, 0.25) is 5.76 Å². The summed E-state index contributed by atoms with van der Waals surface area (Å²) < 4.78 is 4.99. The maximum atomic E-state index is 12.0. The van der Waals surface area contributed by atoms with Crippen molar-refractivity contribution in [1.29, 1.82) is 0 Å². The first-order valence-electron chi connectivity index (χ1n) is 6.06. The number of aryl methyl sites for hydroxylation is 2. The first-order chi connectivity index (χ1) is 8.76. The van der Waals surface area contributed by atoms with E-state index in [1.165, 1.54) is 12.6 Å². The molecule has 0 aliphatic rings. The van der Waals surface area contributed by atoms with Crippen LogP contribution in [0.1, 0.15) is 35.5 Å². The molecule has 0 spiro atoms. The van der Waals surface area contributed by atoms with Crippen LogP contribution in [0.5, 0.6) is 0 Å². The maximum absolute atomic E-state index is 12.0. The zero-order valence-corrected chi connectivity index (χ0v) is 10.6. The Labute approximate surface area is 106 Å². The number of hydrogen-bond acceptors (Lipinski definition) is 3. The minimum Gasteiger partial charge on any atom is -0.438 e. The Morgan fingerprint density at radius 3 is 2.44 bits per heavy atom. The van der Waals surface area contributed by atoms with Crippen molar-refractivity contribution in [3.63, 3.8) is 0 Å². The van der Waals surface area contributed by atoms with Crippen LogP contribution in [-0.2, 0) is 12.8 Å². The van der Waals surface area contributed by atoms with E-state index >= 15 is 0 Å². The van der Waals surface area contributed by atoms with Gasteiger partial charge in [0.15, 0.2) is 6.39 Å². The van der Waals surface area contributed by atoms with E-state index in [-0.39, 0.29) is 11.7 Å². The van der Waals surface area contributed by atoms with Gasteiger partial charge in [-0.2, -0.15) is 0 Å². The largest absolute Gasteiger partial charge is 0.438 e. The van der Waals surface area contributed by atoms with Gasteiger partial charge in [0.25, 0.3) is 5.91 Å². The number of rotatable bonds is 4. The van der Waals surface area contributed by atoms with Gasteiger partial charge < -0.3 is 9.73 Å². The molecule has 0 saturated heterocycles. The van der Waals surface area contributed by atoms with Crippen molar-refractivity contribution in [2.75, 3.05) is 5.32 Å². The normalized spacial score (nSPS) is 10.3. The summed E-state index contributed by atoms with van der Waals surface area (Å²) in [6, 6.07) is 6.06. The summed E-state index contributed by atoms with van der Waals surface area (Å²) in [5.74, 6) is -0.0361. The van der Waals surface area contributed by atoms with Crippen molar-refractivity contribution in [1.82, 2.24) is 4.98 Å². The van der Waals surface area contributed by atoms with E-state index in [0.717, 1.165) is 29.7 Å². The summed E-state index contributed by atoms with van der Waals surface area (Å²) in [4.78, 5) is 15.7. The minimum absolute atomic E-state index is 0.225. The molecule has 4 heteroatoms. The third-order valence-electron chi connectivity index (χ3n) is 2.89.